The van der Waals surface area contributed by atoms with Crippen LogP contribution in [0.15, 0.2) is 0 Å². The number of nitrogens with two attached hydrogens (primary N) is 1. The van der Waals surface area contributed by atoms with Gasteiger partial charge in [-0.2, -0.15) is 10.2 Å². The maximum atomic E-state index is 10.6. The SMILES string of the molecule is COc1nc(N)c(C(=O)O)nc1C#N. The average molecular weight is 194 g/mol. The number of anilines is 1. The van der Waals surface area contributed by atoms with E-state index < -0.39 is 11.7 Å². The molecule has 0 saturated carbocycles. The maximum Gasteiger partial charge on any atom is 0.358 e. The summed E-state index contributed by atoms with van der Waals surface area (Å²) in [4.78, 5) is 17.6. The third kappa shape index (κ3) is 1.54. The van der Waals surface area contributed by atoms with Gasteiger partial charge >= 0.3 is 5.97 Å². The molecule has 0 amide bonds. The van der Waals surface area contributed by atoms with Gasteiger partial charge in [-0.15, -0.1) is 0 Å². The van der Waals surface area contributed by atoms with E-state index in [-0.39, 0.29) is 17.4 Å². The Hall–Kier alpha value is -2.36. The lowest BCUT2D eigenvalue weighted by Crippen LogP contribution is -2.10. The van der Waals surface area contributed by atoms with E-state index in [1.807, 2.05) is 0 Å². The summed E-state index contributed by atoms with van der Waals surface area (Å²) in [6.07, 6.45) is 0. The van der Waals surface area contributed by atoms with E-state index in [9.17, 15) is 4.79 Å². The Morgan fingerprint density at radius 1 is 1.64 bits per heavy atom. The molecule has 72 valence electrons. The minimum absolute atomic E-state index is 0.0880. The van der Waals surface area contributed by atoms with E-state index in [2.05, 4.69) is 14.7 Å². The van der Waals surface area contributed by atoms with Crippen LogP contribution in [0.5, 0.6) is 5.88 Å². The van der Waals surface area contributed by atoms with Gasteiger partial charge in [-0.3, -0.25) is 0 Å². The van der Waals surface area contributed by atoms with Gasteiger partial charge in [0.2, 0.25) is 5.69 Å². The van der Waals surface area contributed by atoms with E-state index in [0.29, 0.717) is 0 Å². The first kappa shape index (κ1) is 9.73. The summed E-state index contributed by atoms with van der Waals surface area (Å²) in [5, 5.41) is 17.2. The fourth-order valence-corrected chi connectivity index (χ4v) is 0.805. The molecule has 1 rings (SSSR count). The summed E-state index contributed by atoms with van der Waals surface area (Å²) in [7, 11) is 1.28. The zero-order chi connectivity index (χ0) is 10.7. The predicted octanol–water partition coefficient (Wildman–Crippen LogP) is -0.363. The maximum absolute atomic E-state index is 10.6. The van der Waals surface area contributed by atoms with Crippen molar-refractivity contribution >= 4 is 11.8 Å². The van der Waals surface area contributed by atoms with E-state index in [1.54, 1.807) is 6.07 Å². The van der Waals surface area contributed by atoms with Crippen molar-refractivity contribution in [2.75, 3.05) is 12.8 Å². The number of hydrogen-bond donors (Lipinski definition) is 2. The highest BCUT2D eigenvalue weighted by atomic mass is 16.5. The van der Waals surface area contributed by atoms with Crippen molar-refractivity contribution in [3.05, 3.63) is 11.4 Å². The standard InChI is InChI=1S/C7H6N4O3/c1-14-6-3(2-8)10-4(7(12)13)5(9)11-6/h1H3,(H2,9,11)(H,12,13). The van der Waals surface area contributed by atoms with Gasteiger partial charge in [-0.1, -0.05) is 0 Å². The average Bonchev–Trinajstić information content (AvgIpc) is 2.16. The fraction of sp³-hybridized carbons (Fsp3) is 0.143. The van der Waals surface area contributed by atoms with Gasteiger partial charge < -0.3 is 15.6 Å². The molecule has 0 bridgehead atoms. The molecule has 1 aromatic rings. The van der Waals surface area contributed by atoms with Crippen molar-refractivity contribution < 1.29 is 14.6 Å². The van der Waals surface area contributed by atoms with Crippen LogP contribution in [0, 0.1) is 11.3 Å². The Kier molecular flexibility index (Phi) is 2.48. The second kappa shape index (κ2) is 3.57. The quantitative estimate of drug-likeness (QED) is 0.658. The van der Waals surface area contributed by atoms with E-state index >= 15 is 0 Å². The van der Waals surface area contributed by atoms with Crippen LogP contribution in [0.2, 0.25) is 0 Å². The van der Waals surface area contributed by atoms with Crippen LogP contribution in [-0.4, -0.2) is 28.2 Å². The Labute approximate surface area is 78.8 Å². The number of hydrogen-bond acceptors (Lipinski definition) is 6. The van der Waals surface area contributed by atoms with E-state index in [0.717, 1.165) is 0 Å². The Morgan fingerprint density at radius 3 is 2.71 bits per heavy atom. The monoisotopic (exact) mass is 194 g/mol. The summed E-state index contributed by atoms with van der Waals surface area (Å²) >= 11 is 0. The predicted molar refractivity (Wildman–Crippen MR) is 44.7 cm³/mol. The highest BCUT2D eigenvalue weighted by molar-refractivity contribution is 5.90. The molecule has 0 saturated heterocycles. The lowest BCUT2D eigenvalue weighted by Gasteiger charge is -2.03. The van der Waals surface area contributed by atoms with Gasteiger partial charge in [-0.25, -0.2) is 9.78 Å². The third-order valence-corrected chi connectivity index (χ3v) is 1.39. The second-order valence-corrected chi connectivity index (χ2v) is 2.23. The third-order valence-electron chi connectivity index (χ3n) is 1.39. The summed E-state index contributed by atoms with van der Waals surface area (Å²) in [6, 6.07) is 1.65. The molecule has 0 unspecified atom stereocenters. The summed E-state index contributed by atoms with van der Waals surface area (Å²) < 4.78 is 4.68. The van der Waals surface area contributed by atoms with Crippen LogP contribution in [0.1, 0.15) is 16.2 Å². The van der Waals surface area contributed by atoms with Crippen molar-refractivity contribution in [2.45, 2.75) is 0 Å². The van der Waals surface area contributed by atoms with Gasteiger partial charge in [0.05, 0.1) is 7.11 Å². The molecule has 0 aliphatic carbocycles. The molecule has 0 radical (unpaired) electrons. The lowest BCUT2D eigenvalue weighted by molar-refractivity contribution is 0.0691. The number of carbonyl (C=O) groups is 1. The largest absolute Gasteiger partial charge is 0.479 e. The molecule has 1 heterocycles. The van der Waals surface area contributed by atoms with Crippen LogP contribution in [0.3, 0.4) is 0 Å². The van der Waals surface area contributed by atoms with Gasteiger partial charge in [0.1, 0.15) is 6.07 Å². The van der Waals surface area contributed by atoms with Gasteiger partial charge in [0.25, 0.3) is 5.88 Å². The van der Waals surface area contributed by atoms with Gasteiger partial charge in [-0.05, 0) is 0 Å². The van der Waals surface area contributed by atoms with Crippen molar-refractivity contribution in [3.63, 3.8) is 0 Å². The highest BCUT2D eigenvalue weighted by Crippen LogP contribution is 2.16. The van der Waals surface area contributed by atoms with Crippen LogP contribution in [0.25, 0.3) is 0 Å². The minimum atomic E-state index is -1.34. The molecule has 0 fully saturated rings. The number of nitriles is 1. The number of nitrogen functional groups attached to an aromatic ring is 1. The molecule has 1 aromatic heterocycles. The summed E-state index contributed by atoms with van der Waals surface area (Å²) in [5.41, 5.74) is 4.61. The van der Waals surface area contributed by atoms with Crippen molar-refractivity contribution in [2.24, 2.45) is 0 Å². The molecule has 3 N–H and O–H groups in total. The Bertz CT molecular complexity index is 424. The minimum Gasteiger partial charge on any atom is -0.479 e. The Balaban J connectivity index is 3.40. The highest BCUT2D eigenvalue weighted by Gasteiger charge is 2.16. The first-order chi connectivity index (χ1) is 6.60. The summed E-state index contributed by atoms with van der Waals surface area (Å²) in [5.74, 6) is -1.71. The van der Waals surface area contributed by atoms with Crippen LogP contribution < -0.4 is 10.5 Å². The molecule has 0 aliphatic rings. The summed E-state index contributed by atoms with van der Waals surface area (Å²) in [6.45, 7) is 0. The topological polar surface area (TPSA) is 122 Å². The van der Waals surface area contributed by atoms with Crippen LogP contribution >= 0.6 is 0 Å². The zero-order valence-electron chi connectivity index (χ0n) is 7.18. The molecule has 0 spiro atoms. The molecule has 0 aromatic carbocycles. The van der Waals surface area contributed by atoms with E-state index in [1.165, 1.54) is 7.11 Å². The van der Waals surface area contributed by atoms with Crippen LogP contribution in [0.4, 0.5) is 5.82 Å². The normalized spacial score (nSPS) is 9.14. The molecule has 0 atom stereocenters. The number of aromatic carboxylic acids is 1. The number of aromatic nitrogens is 2. The first-order valence-corrected chi connectivity index (χ1v) is 3.45. The Morgan fingerprint density at radius 2 is 2.29 bits per heavy atom. The first-order valence-electron chi connectivity index (χ1n) is 3.45. The lowest BCUT2D eigenvalue weighted by atomic mass is 10.3. The second-order valence-electron chi connectivity index (χ2n) is 2.23. The number of ether oxygens (including phenoxy) is 1. The number of nitrogens with zero attached hydrogens (tertiary/aromatic N) is 3. The smallest absolute Gasteiger partial charge is 0.358 e. The van der Waals surface area contributed by atoms with Crippen molar-refractivity contribution in [1.29, 1.82) is 5.26 Å². The number of rotatable bonds is 2. The van der Waals surface area contributed by atoms with Gasteiger partial charge in [0, 0.05) is 0 Å². The number of methoxy groups -OCH3 is 1. The molecule has 0 aliphatic heterocycles. The van der Waals surface area contributed by atoms with E-state index in [4.69, 9.17) is 16.1 Å². The van der Waals surface area contributed by atoms with Crippen molar-refractivity contribution in [3.8, 4) is 11.9 Å². The molecular weight excluding hydrogens is 188 g/mol. The fourth-order valence-electron chi connectivity index (χ4n) is 0.805. The number of carboxylic acid groups (broad SMARTS) is 1. The molecule has 7 heteroatoms. The molecular formula is C7H6N4O3. The van der Waals surface area contributed by atoms with Crippen molar-refractivity contribution in [1.82, 2.24) is 9.97 Å². The zero-order valence-corrected chi connectivity index (χ0v) is 7.18. The molecule has 14 heavy (non-hydrogen) atoms. The molecule has 7 nitrogen and oxygen atoms in total. The number of carboxylic acids is 1. The van der Waals surface area contributed by atoms with Crippen LogP contribution in [-0.2, 0) is 0 Å². The van der Waals surface area contributed by atoms with Gasteiger partial charge in [0.15, 0.2) is 11.5 Å².